The summed E-state index contributed by atoms with van der Waals surface area (Å²) in [6.07, 6.45) is 1.20. The van der Waals surface area contributed by atoms with Gasteiger partial charge in [-0.15, -0.1) is 0 Å². The molecule has 5 N–H and O–H groups in total. The molecule has 1 atom stereocenters. The van der Waals surface area contributed by atoms with Gasteiger partial charge < -0.3 is 21.5 Å². The van der Waals surface area contributed by atoms with Gasteiger partial charge in [0.25, 0.3) is 0 Å². The van der Waals surface area contributed by atoms with Crippen molar-refractivity contribution in [3.05, 3.63) is 34.9 Å². The monoisotopic (exact) mass is 313 g/mol. The number of primary amides is 1. The lowest BCUT2D eigenvalue weighted by atomic mass is 10.1. The van der Waals surface area contributed by atoms with E-state index < -0.39 is 18.0 Å². The van der Waals surface area contributed by atoms with Gasteiger partial charge in [0.15, 0.2) is 0 Å². The van der Waals surface area contributed by atoms with Gasteiger partial charge in [-0.25, -0.2) is 4.79 Å². The number of alkyl carbamates (subject to hydrolysis) is 1. The first-order valence-electron chi connectivity index (χ1n) is 6.70. The van der Waals surface area contributed by atoms with E-state index in [1.165, 1.54) is 0 Å². The van der Waals surface area contributed by atoms with Crippen LogP contribution in [0.3, 0.4) is 0 Å². The number of rotatable bonds is 8. The number of hydrogen-bond acceptors (Lipinski definition) is 4. The molecule has 21 heavy (non-hydrogen) atoms. The molecular formula is C14H20ClN3O3. The van der Waals surface area contributed by atoms with Crippen LogP contribution in [-0.4, -0.2) is 24.6 Å². The Balaban J connectivity index is 2.43. The minimum absolute atomic E-state index is 0.0276. The van der Waals surface area contributed by atoms with Crippen LogP contribution >= 0.6 is 11.6 Å². The van der Waals surface area contributed by atoms with Crippen LogP contribution in [0.1, 0.15) is 24.8 Å². The Hall–Kier alpha value is -1.79. The van der Waals surface area contributed by atoms with Crippen LogP contribution in [-0.2, 0) is 16.1 Å². The second-order valence-corrected chi connectivity index (χ2v) is 4.96. The first kappa shape index (κ1) is 17.3. The highest BCUT2D eigenvalue weighted by atomic mass is 35.5. The predicted molar refractivity (Wildman–Crippen MR) is 80.7 cm³/mol. The molecule has 6 nitrogen and oxygen atoms in total. The molecule has 0 aliphatic heterocycles. The molecule has 0 heterocycles. The highest BCUT2D eigenvalue weighted by Crippen LogP contribution is 2.15. The second kappa shape index (κ2) is 9.20. The van der Waals surface area contributed by atoms with Crippen LogP contribution in [0.2, 0.25) is 5.02 Å². The first-order chi connectivity index (χ1) is 10.0. The zero-order chi connectivity index (χ0) is 15.7. The normalized spacial score (nSPS) is 11.7. The number of hydrogen-bond donors (Lipinski definition) is 3. The first-order valence-corrected chi connectivity index (χ1v) is 7.08. The number of benzene rings is 1. The van der Waals surface area contributed by atoms with Gasteiger partial charge in [0, 0.05) is 10.6 Å². The average molecular weight is 314 g/mol. The molecule has 0 fully saturated rings. The van der Waals surface area contributed by atoms with Crippen LogP contribution in [0.15, 0.2) is 24.3 Å². The van der Waals surface area contributed by atoms with E-state index >= 15 is 0 Å². The Morgan fingerprint density at radius 2 is 2.00 bits per heavy atom. The Labute approximate surface area is 128 Å². The maximum atomic E-state index is 11.7. The molecule has 0 radical (unpaired) electrons. The molecule has 0 bridgehead atoms. The van der Waals surface area contributed by atoms with E-state index in [9.17, 15) is 9.59 Å². The van der Waals surface area contributed by atoms with Crippen molar-refractivity contribution in [2.24, 2.45) is 11.5 Å². The minimum atomic E-state index is -0.754. The molecule has 1 rings (SSSR count). The lowest BCUT2D eigenvalue weighted by Crippen LogP contribution is -2.44. The Bertz CT molecular complexity index is 482. The van der Waals surface area contributed by atoms with Crippen LogP contribution in [0.25, 0.3) is 0 Å². The standard InChI is InChI=1S/C14H20ClN3O3/c15-11-6-2-1-5-10(11)9-21-14(20)18-12(13(17)19)7-3-4-8-16/h1-2,5-6,12H,3-4,7-9,16H2,(H2,17,19)(H,18,20). The Morgan fingerprint density at radius 3 is 2.62 bits per heavy atom. The molecule has 0 aliphatic carbocycles. The number of carbonyl (C=O) groups is 2. The number of nitrogens with two attached hydrogens (primary N) is 2. The number of nitrogens with one attached hydrogen (secondary N) is 1. The van der Waals surface area contributed by atoms with E-state index in [2.05, 4.69) is 5.32 Å². The van der Waals surface area contributed by atoms with Crippen molar-refractivity contribution in [1.29, 1.82) is 0 Å². The summed E-state index contributed by atoms with van der Waals surface area (Å²) in [5.41, 5.74) is 11.3. The predicted octanol–water partition coefficient (Wildman–Crippen LogP) is 1.55. The maximum absolute atomic E-state index is 11.7. The van der Waals surface area contributed by atoms with Gasteiger partial charge in [0.2, 0.25) is 5.91 Å². The summed E-state index contributed by atoms with van der Waals surface area (Å²) >= 11 is 5.95. The Kier molecular flexibility index (Phi) is 7.56. The van der Waals surface area contributed by atoms with Crippen molar-refractivity contribution >= 4 is 23.6 Å². The largest absolute Gasteiger partial charge is 0.445 e. The molecule has 7 heteroatoms. The number of ether oxygens (including phenoxy) is 1. The van der Waals surface area contributed by atoms with E-state index in [1.807, 2.05) is 0 Å². The lowest BCUT2D eigenvalue weighted by Gasteiger charge is -2.15. The van der Waals surface area contributed by atoms with Crippen LogP contribution < -0.4 is 16.8 Å². The van der Waals surface area contributed by atoms with E-state index in [0.29, 0.717) is 30.0 Å². The van der Waals surface area contributed by atoms with Crippen LogP contribution in [0.5, 0.6) is 0 Å². The van der Waals surface area contributed by atoms with Crippen molar-refractivity contribution in [2.75, 3.05) is 6.54 Å². The van der Waals surface area contributed by atoms with Crippen molar-refractivity contribution < 1.29 is 14.3 Å². The summed E-state index contributed by atoms with van der Waals surface area (Å²) < 4.78 is 5.03. The third-order valence-electron chi connectivity index (χ3n) is 2.90. The fourth-order valence-electron chi connectivity index (χ4n) is 1.72. The fraction of sp³-hybridized carbons (Fsp3) is 0.429. The highest BCUT2D eigenvalue weighted by molar-refractivity contribution is 6.31. The molecule has 1 aromatic carbocycles. The average Bonchev–Trinajstić information content (AvgIpc) is 2.45. The number of carbonyl (C=O) groups excluding carboxylic acids is 2. The van der Waals surface area contributed by atoms with Crippen LogP contribution in [0, 0.1) is 0 Å². The molecular weight excluding hydrogens is 294 g/mol. The fourth-order valence-corrected chi connectivity index (χ4v) is 1.91. The van der Waals surface area contributed by atoms with Crippen molar-refractivity contribution in [3.8, 4) is 0 Å². The smallest absolute Gasteiger partial charge is 0.408 e. The molecule has 0 aromatic heterocycles. The van der Waals surface area contributed by atoms with E-state index in [0.717, 1.165) is 6.42 Å². The van der Waals surface area contributed by atoms with Gasteiger partial charge in [-0.1, -0.05) is 29.8 Å². The highest BCUT2D eigenvalue weighted by Gasteiger charge is 2.18. The van der Waals surface area contributed by atoms with Crippen LogP contribution in [0.4, 0.5) is 4.79 Å². The van der Waals surface area contributed by atoms with Gasteiger partial charge in [-0.05, 0) is 31.9 Å². The van der Waals surface area contributed by atoms with Gasteiger partial charge in [-0.3, -0.25) is 4.79 Å². The van der Waals surface area contributed by atoms with Crippen molar-refractivity contribution in [2.45, 2.75) is 31.9 Å². The van der Waals surface area contributed by atoms with Gasteiger partial charge in [0.05, 0.1) is 0 Å². The zero-order valence-electron chi connectivity index (χ0n) is 11.7. The molecule has 0 saturated carbocycles. The van der Waals surface area contributed by atoms with Crippen molar-refractivity contribution in [1.82, 2.24) is 5.32 Å². The third kappa shape index (κ3) is 6.46. The quantitative estimate of drug-likeness (QED) is 0.633. The van der Waals surface area contributed by atoms with E-state index in [-0.39, 0.29) is 6.61 Å². The molecule has 0 spiro atoms. The minimum Gasteiger partial charge on any atom is -0.445 e. The van der Waals surface area contributed by atoms with Gasteiger partial charge >= 0.3 is 6.09 Å². The van der Waals surface area contributed by atoms with Gasteiger partial charge in [-0.2, -0.15) is 0 Å². The van der Waals surface area contributed by atoms with Gasteiger partial charge in [0.1, 0.15) is 12.6 Å². The topological polar surface area (TPSA) is 107 Å². The van der Waals surface area contributed by atoms with E-state index in [4.69, 9.17) is 27.8 Å². The SMILES string of the molecule is NCCCCC(NC(=O)OCc1ccccc1Cl)C(N)=O. The summed E-state index contributed by atoms with van der Waals surface area (Å²) in [6, 6.07) is 6.28. The molecule has 1 unspecified atom stereocenters. The number of amides is 2. The summed E-state index contributed by atoms with van der Waals surface area (Å²) in [5.74, 6) is -0.596. The lowest BCUT2D eigenvalue weighted by molar-refractivity contribution is -0.120. The second-order valence-electron chi connectivity index (χ2n) is 4.55. The third-order valence-corrected chi connectivity index (χ3v) is 3.27. The molecule has 1 aromatic rings. The molecule has 0 saturated heterocycles. The summed E-state index contributed by atoms with van der Waals surface area (Å²) in [7, 11) is 0. The molecule has 116 valence electrons. The number of unbranched alkanes of at least 4 members (excludes halogenated alkanes) is 1. The zero-order valence-corrected chi connectivity index (χ0v) is 12.4. The maximum Gasteiger partial charge on any atom is 0.408 e. The van der Waals surface area contributed by atoms with E-state index in [1.54, 1.807) is 24.3 Å². The summed E-state index contributed by atoms with van der Waals surface area (Å²) in [5, 5.41) is 2.96. The Morgan fingerprint density at radius 1 is 1.29 bits per heavy atom. The summed E-state index contributed by atoms with van der Waals surface area (Å²) in [6.45, 7) is 0.558. The molecule has 2 amide bonds. The van der Waals surface area contributed by atoms with Crippen molar-refractivity contribution in [3.63, 3.8) is 0 Å². The summed E-state index contributed by atoms with van der Waals surface area (Å²) in [4.78, 5) is 22.9. The number of halogens is 1. The molecule has 0 aliphatic rings.